The van der Waals surface area contributed by atoms with Crippen LogP contribution in [0.2, 0.25) is 0 Å². The lowest BCUT2D eigenvalue weighted by Crippen LogP contribution is -2.14. The van der Waals surface area contributed by atoms with Crippen molar-refractivity contribution < 1.29 is 26.2 Å². The Kier molecular flexibility index (Phi) is 7.23. The van der Waals surface area contributed by atoms with Gasteiger partial charge < -0.3 is 9.05 Å². The fraction of sp³-hybridized carbons (Fsp3) is 0.538. The molecule has 1 rings (SSSR count). The summed E-state index contributed by atoms with van der Waals surface area (Å²) in [6.07, 6.45) is -1.44. The van der Waals surface area contributed by atoms with E-state index < -0.39 is 24.1 Å². The van der Waals surface area contributed by atoms with Gasteiger partial charge in [0.1, 0.15) is 0 Å². The molecule has 0 radical (unpaired) electrons. The summed E-state index contributed by atoms with van der Waals surface area (Å²) in [5, 5.41) is 0. The zero-order valence-electron chi connectivity index (χ0n) is 12.9. The summed E-state index contributed by atoms with van der Waals surface area (Å²) < 4.78 is 52.8. The molecular weight excluding hydrogens is 395 g/mol. The van der Waals surface area contributed by atoms with Gasteiger partial charge in [0.25, 0.3) is 10.1 Å². The molecule has 0 spiro atoms. The van der Waals surface area contributed by atoms with Crippen LogP contribution in [0.3, 0.4) is 0 Å². The van der Waals surface area contributed by atoms with Gasteiger partial charge in [0, 0.05) is 4.47 Å². The van der Waals surface area contributed by atoms with Crippen molar-refractivity contribution in [3.05, 3.63) is 28.7 Å². The van der Waals surface area contributed by atoms with Gasteiger partial charge in [0.05, 0.1) is 17.1 Å². The first-order chi connectivity index (χ1) is 10.0. The molecule has 0 N–H and O–H groups in total. The molecule has 0 fully saturated rings. The number of halogens is 1. The lowest BCUT2D eigenvalue weighted by molar-refractivity contribution is 0.129. The van der Waals surface area contributed by atoms with Crippen LogP contribution in [0.1, 0.15) is 27.7 Å². The van der Waals surface area contributed by atoms with E-state index >= 15 is 0 Å². The first-order valence-electron chi connectivity index (χ1n) is 6.65. The van der Waals surface area contributed by atoms with E-state index in [0.717, 1.165) is 4.47 Å². The third kappa shape index (κ3) is 6.48. The van der Waals surface area contributed by atoms with E-state index in [2.05, 4.69) is 15.9 Å². The molecule has 126 valence electrons. The summed E-state index contributed by atoms with van der Waals surface area (Å²) in [6, 6.07) is 5.92. The maximum absolute atomic E-state index is 12.5. The minimum absolute atomic E-state index is 0.0312. The topological polar surface area (TPSA) is 78.9 Å². The van der Waals surface area contributed by atoms with Gasteiger partial charge in [0.2, 0.25) is 0 Å². The highest BCUT2D eigenvalue weighted by molar-refractivity contribution is 9.10. The predicted octanol–water partition coefficient (Wildman–Crippen LogP) is 4.16. The molecule has 0 saturated heterocycles. The summed E-state index contributed by atoms with van der Waals surface area (Å²) in [4.78, 5) is -0.0312. The van der Waals surface area contributed by atoms with Crippen molar-refractivity contribution in [3.8, 4) is 0 Å². The van der Waals surface area contributed by atoms with Crippen LogP contribution in [-0.4, -0.2) is 27.0 Å². The van der Waals surface area contributed by atoms with Crippen molar-refractivity contribution in [2.45, 2.75) is 44.8 Å². The summed E-state index contributed by atoms with van der Waals surface area (Å²) in [7, 11) is -7.70. The first-order valence-corrected chi connectivity index (χ1v) is 10.6. The predicted molar refractivity (Wildman–Crippen MR) is 87.3 cm³/mol. The van der Waals surface area contributed by atoms with Gasteiger partial charge in [-0.05, 0) is 52.0 Å². The van der Waals surface area contributed by atoms with E-state index in [1.165, 1.54) is 12.1 Å². The molecule has 1 aromatic rings. The number of rotatable bonds is 8. The van der Waals surface area contributed by atoms with Crippen molar-refractivity contribution in [1.82, 2.24) is 0 Å². The molecule has 6 nitrogen and oxygen atoms in total. The minimum Gasteiger partial charge on any atom is -0.304 e. The van der Waals surface area contributed by atoms with Crippen LogP contribution in [0.15, 0.2) is 33.6 Å². The van der Waals surface area contributed by atoms with Gasteiger partial charge in [0.15, 0.2) is 6.35 Å². The minimum atomic E-state index is -4.03. The van der Waals surface area contributed by atoms with Crippen molar-refractivity contribution in [3.63, 3.8) is 0 Å². The summed E-state index contributed by atoms with van der Waals surface area (Å²) in [5.74, 6) is 0. The Bertz CT molecular complexity index is 612. The molecular formula is C13H20BrO6PS. The summed E-state index contributed by atoms with van der Waals surface area (Å²) in [5.41, 5.74) is 0. The van der Waals surface area contributed by atoms with Crippen molar-refractivity contribution in [1.29, 1.82) is 0 Å². The fourth-order valence-corrected chi connectivity index (χ4v) is 4.93. The van der Waals surface area contributed by atoms with Crippen molar-refractivity contribution >= 4 is 33.6 Å². The highest BCUT2D eigenvalue weighted by atomic mass is 79.9. The van der Waals surface area contributed by atoms with E-state index in [1.54, 1.807) is 39.8 Å². The second-order valence-electron chi connectivity index (χ2n) is 5.07. The lowest BCUT2D eigenvalue weighted by atomic mass is 10.4. The Labute approximate surface area is 139 Å². The van der Waals surface area contributed by atoms with E-state index in [0.29, 0.717) is 0 Å². The molecule has 0 atom stereocenters. The van der Waals surface area contributed by atoms with Crippen LogP contribution in [-0.2, 0) is 27.9 Å². The fourth-order valence-electron chi connectivity index (χ4n) is 1.53. The Morgan fingerprint density at radius 2 is 1.50 bits per heavy atom. The molecule has 0 aromatic heterocycles. The Morgan fingerprint density at radius 3 is 1.91 bits per heavy atom. The maximum atomic E-state index is 12.5. The molecule has 0 saturated carbocycles. The molecule has 9 heteroatoms. The molecule has 0 heterocycles. The largest absolute Gasteiger partial charge is 0.358 e. The van der Waals surface area contributed by atoms with Gasteiger partial charge in [-0.3, -0.25) is 8.75 Å². The zero-order chi connectivity index (χ0) is 17.0. The smallest absolute Gasteiger partial charge is 0.304 e. The highest BCUT2D eigenvalue weighted by Crippen LogP contribution is 2.50. The molecule has 0 aliphatic rings. The van der Waals surface area contributed by atoms with Crippen LogP contribution in [0.4, 0.5) is 0 Å². The van der Waals surface area contributed by atoms with Crippen LogP contribution in [0, 0.1) is 0 Å². The number of hydrogen-bond donors (Lipinski definition) is 0. The quantitative estimate of drug-likeness (QED) is 0.469. The molecule has 0 amide bonds. The molecule has 1 aromatic carbocycles. The Balaban J connectivity index is 2.87. The first kappa shape index (κ1) is 19.8. The third-order valence-corrected chi connectivity index (χ3v) is 6.12. The van der Waals surface area contributed by atoms with Gasteiger partial charge in [-0.1, -0.05) is 15.9 Å². The highest BCUT2D eigenvalue weighted by Gasteiger charge is 2.31. The van der Waals surface area contributed by atoms with Gasteiger partial charge in [-0.25, -0.2) is 0 Å². The van der Waals surface area contributed by atoms with E-state index in [-0.39, 0.29) is 17.1 Å². The summed E-state index contributed by atoms with van der Waals surface area (Å²) >= 11 is 3.22. The van der Waals surface area contributed by atoms with E-state index in [9.17, 15) is 13.0 Å². The van der Waals surface area contributed by atoms with E-state index in [1.807, 2.05) is 0 Å². The van der Waals surface area contributed by atoms with Crippen LogP contribution >= 0.6 is 23.5 Å². The molecule has 22 heavy (non-hydrogen) atoms. The SMILES string of the molecule is CC(C)OP(=O)(COS(=O)(=O)c1ccc(Br)cc1)OC(C)C. The summed E-state index contributed by atoms with van der Waals surface area (Å²) in [6.45, 7) is 6.72. The molecule has 0 bridgehead atoms. The average molecular weight is 415 g/mol. The molecule has 0 aliphatic carbocycles. The zero-order valence-corrected chi connectivity index (χ0v) is 16.2. The second-order valence-corrected chi connectivity index (χ2v) is 9.51. The third-order valence-electron chi connectivity index (χ3n) is 2.21. The van der Waals surface area contributed by atoms with Gasteiger partial charge in [-0.2, -0.15) is 8.42 Å². The van der Waals surface area contributed by atoms with E-state index in [4.69, 9.17) is 13.2 Å². The van der Waals surface area contributed by atoms with Gasteiger partial charge in [-0.15, -0.1) is 0 Å². The average Bonchev–Trinajstić information content (AvgIpc) is 2.35. The Morgan fingerprint density at radius 1 is 1.05 bits per heavy atom. The van der Waals surface area contributed by atoms with Crippen LogP contribution in [0.25, 0.3) is 0 Å². The molecule has 0 aliphatic heterocycles. The van der Waals surface area contributed by atoms with Crippen molar-refractivity contribution in [2.75, 3.05) is 6.35 Å². The normalized spacial score (nSPS) is 13.0. The Hall–Kier alpha value is -0.240. The standard InChI is InChI=1S/C13H20BrO6PS/c1-10(2)19-21(15,20-11(3)4)9-18-22(16,17)13-7-5-12(14)6-8-13/h5-8,10-11H,9H2,1-4H3. The number of hydrogen-bond acceptors (Lipinski definition) is 6. The van der Waals surface area contributed by atoms with Crippen LogP contribution < -0.4 is 0 Å². The maximum Gasteiger partial charge on any atom is 0.358 e. The molecule has 0 unspecified atom stereocenters. The van der Waals surface area contributed by atoms with Crippen molar-refractivity contribution in [2.24, 2.45) is 0 Å². The number of benzene rings is 1. The van der Waals surface area contributed by atoms with Crippen LogP contribution in [0.5, 0.6) is 0 Å². The van der Waals surface area contributed by atoms with Gasteiger partial charge >= 0.3 is 7.60 Å². The lowest BCUT2D eigenvalue weighted by Gasteiger charge is -2.22. The second kappa shape index (κ2) is 8.04. The monoisotopic (exact) mass is 414 g/mol.